The second-order valence-electron chi connectivity index (χ2n) is 23.5. The van der Waals surface area contributed by atoms with E-state index in [9.17, 15) is 0 Å². The van der Waals surface area contributed by atoms with E-state index in [-0.39, 0.29) is 34.1 Å². The Balaban J connectivity index is 0.000000121. The number of hydrogen-bond acceptors (Lipinski definition) is 18. The van der Waals surface area contributed by atoms with Gasteiger partial charge in [-0.05, 0) is 110 Å². The zero-order valence-corrected chi connectivity index (χ0v) is 49.2. The van der Waals surface area contributed by atoms with Crippen LogP contribution >= 0.6 is 0 Å². The summed E-state index contributed by atoms with van der Waals surface area (Å²) < 4.78 is 23.3. The molecule has 3 saturated carbocycles. The Morgan fingerprint density at radius 1 is 0.345 bits per heavy atom. The summed E-state index contributed by atoms with van der Waals surface area (Å²) in [6.07, 6.45) is 33.9. The Morgan fingerprint density at radius 3 is 0.793 bits per heavy atom. The van der Waals surface area contributed by atoms with Crippen molar-refractivity contribution in [3.8, 4) is 67.2 Å². The molecule has 0 bridgehead atoms. The van der Waals surface area contributed by atoms with Crippen molar-refractivity contribution in [2.45, 2.75) is 75.5 Å². The molecular weight excluding hydrogens is 1090 g/mol. The van der Waals surface area contributed by atoms with Crippen molar-refractivity contribution in [1.29, 1.82) is 0 Å². The predicted octanol–water partition coefficient (Wildman–Crippen LogP) is 11.5. The summed E-state index contributed by atoms with van der Waals surface area (Å²) in [7, 11) is 5.69. The molecule has 0 aliphatic heterocycles. The Hall–Kier alpha value is -10.4. The van der Waals surface area contributed by atoms with E-state index in [2.05, 4.69) is 139 Å². The van der Waals surface area contributed by atoms with Crippen LogP contribution in [0.25, 0.3) is 67.2 Å². The van der Waals surface area contributed by atoms with E-state index in [1.807, 2.05) is 39.7 Å². The lowest BCUT2D eigenvalue weighted by atomic mass is 9.77. The van der Waals surface area contributed by atoms with Gasteiger partial charge in [-0.25, -0.2) is 44.9 Å². The quantitative estimate of drug-likeness (QED) is 0.0859. The van der Waals surface area contributed by atoms with Crippen molar-refractivity contribution in [3.63, 3.8) is 0 Å². The van der Waals surface area contributed by atoms with Crippen LogP contribution in [0.4, 0.5) is 17.8 Å². The lowest BCUT2D eigenvalue weighted by Crippen LogP contribution is -2.26. The maximum Gasteiger partial charge on any atom is 0.219 e. The number of oxazole rings is 3. The molecule has 3 fully saturated rings. The highest BCUT2D eigenvalue weighted by Crippen LogP contribution is 2.54. The number of aromatic nitrogens is 15. The monoisotopic (exact) mass is 1160 g/mol. The summed E-state index contributed by atoms with van der Waals surface area (Å²) >= 11 is 0. The number of aryl methyl sites for hydroxylation is 3. The fourth-order valence-corrected chi connectivity index (χ4v) is 11.7. The summed E-state index contributed by atoms with van der Waals surface area (Å²) in [6, 6.07) is 25.5. The maximum absolute atomic E-state index is 6.00. The normalized spacial score (nSPS) is 15.9. The molecule has 12 aromatic rings. The minimum Gasteiger partial charge on any atom is -0.447 e. The molecule has 15 rings (SSSR count). The Morgan fingerprint density at radius 2 is 0.586 bits per heavy atom. The lowest BCUT2D eigenvalue weighted by Gasteiger charge is -2.27. The molecule has 3 atom stereocenters. The van der Waals surface area contributed by atoms with E-state index >= 15 is 0 Å². The number of nitrogens with zero attached hydrogens (tertiary/aromatic N) is 15. The van der Waals surface area contributed by atoms with Crippen molar-refractivity contribution in [2.24, 2.45) is 38.9 Å². The summed E-state index contributed by atoms with van der Waals surface area (Å²) in [5, 5.41) is 12.7. The van der Waals surface area contributed by atoms with E-state index in [0.29, 0.717) is 17.8 Å². The summed E-state index contributed by atoms with van der Waals surface area (Å²) in [5.74, 6) is 4.66. The minimum atomic E-state index is -0.267. The van der Waals surface area contributed by atoms with Crippen molar-refractivity contribution < 1.29 is 13.3 Å². The number of benzene rings is 3. The molecule has 9 heterocycles. The third-order valence-corrected chi connectivity index (χ3v) is 17.5. The van der Waals surface area contributed by atoms with Crippen LogP contribution in [-0.2, 0) is 37.4 Å². The second-order valence-corrected chi connectivity index (χ2v) is 23.5. The van der Waals surface area contributed by atoms with Crippen molar-refractivity contribution in [2.75, 3.05) is 17.2 Å². The molecule has 0 saturated heterocycles. The zero-order valence-electron chi connectivity index (χ0n) is 49.2. The molecule has 9 aromatic heterocycles. The van der Waals surface area contributed by atoms with Gasteiger partial charge >= 0.3 is 0 Å². The van der Waals surface area contributed by atoms with Gasteiger partial charge in [-0.3, -0.25) is 14.0 Å². The molecule has 0 amide bonds. The molecule has 87 heavy (non-hydrogen) atoms. The number of anilines is 3. The van der Waals surface area contributed by atoms with Gasteiger partial charge in [-0.2, -0.15) is 15.3 Å². The fourth-order valence-electron chi connectivity index (χ4n) is 11.7. The van der Waals surface area contributed by atoms with Gasteiger partial charge in [0, 0.05) is 110 Å². The molecule has 3 aliphatic rings. The van der Waals surface area contributed by atoms with Crippen molar-refractivity contribution in [3.05, 3.63) is 200 Å². The zero-order chi connectivity index (χ0) is 60.0. The highest BCUT2D eigenvalue weighted by Gasteiger charge is 2.50. The van der Waals surface area contributed by atoms with Crippen LogP contribution < -0.4 is 17.2 Å². The average Bonchev–Trinajstić information content (AvgIpc) is 1.97. The van der Waals surface area contributed by atoms with Crippen molar-refractivity contribution in [1.82, 2.24) is 74.2 Å². The molecule has 438 valence electrons. The van der Waals surface area contributed by atoms with Gasteiger partial charge in [0.1, 0.15) is 35.9 Å². The van der Waals surface area contributed by atoms with Crippen LogP contribution in [0.2, 0.25) is 0 Å². The van der Waals surface area contributed by atoms with Crippen LogP contribution in [0, 0.1) is 17.8 Å². The van der Waals surface area contributed by atoms with Crippen LogP contribution in [0.5, 0.6) is 0 Å². The van der Waals surface area contributed by atoms with Crippen LogP contribution in [0.3, 0.4) is 0 Å². The van der Waals surface area contributed by atoms with Gasteiger partial charge < -0.3 is 30.5 Å². The molecule has 3 aliphatic carbocycles. The third kappa shape index (κ3) is 11.3. The van der Waals surface area contributed by atoms with Crippen molar-refractivity contribution >= 4 is 17.8 Å². The van der Waals surface area contributed by atoms with E-state index in [4.69, 9.17) is 45.4 Å². The SMILES string of the molecule is Cn1cc(-c2coc(C(C)(c3ccc(-c4cnc(N)nc4)cc3)C3CC3)n2)cn1.Cn1cc(-c2coc([C@@](C)(c3ccc(-c4cnc(N)nc4)cc3)C3CC3)n2)cn1.Cn1cc(-c2coc([C@](C)(c3ccc(-c4cnc(N)nc4)cc3)C3CC3)n2)cn1. The van der Waals surface area contributed by atoms with E-state index in [1.165, 1.54) is 55.2 Å². The number of nitrogens with two attached hydrogens (primary N) is 3. The minimum absolute atomic E-state index is 0.267. The van der Waals surface area contributed by atoms with Gasteiger partial charge in [0.15, 0.2) is 0 Å². The molecule has 1 unspecified atom stereocenters. The van der Waals surface area contributed by atoms with E-state index < -0.39 is 0 Å². The van der Waals surface area contributed by atoms with Gasteiger partial charge in [0.25, 0.3) is 0 Å². The highest BCUT2D eigenvalue weighted by molar-refractivity contribution is 5.66. The van der Waals surface area contributed by atoms with Gasteiger partial charge in [0.05, 0.1) is 34.8 Å². The largest absolute Gasteiger partial charge is 0.447 e. The summed E-state index contributed by atoms with van der Waals surface area (Å²) in [6.45, 7) is 6.68. The van der Waals surface area contributed by atoms with Crippen LogP contribution in [-0.4, -0.2) is 74.2 Å². The molecule has 21 heteroatoms. The fraction of sp³-hybridized carbons (Fsp3) is 0.273. The number of rotatable bonds is 15. The number of hydrogen-bond donors (Lipinski definition) is 3. The molecule has 3 aromatic carbocycles. The molecule has 21 nitrogen and oxygen atoms in total. The first-order valence-electron chi connectivity index (χ1n) is 29.0. The first-order valence-corrected chi connectivity index (χ1v) is 29.0. The average molecular weight is 1160 g/mol. The topological polar surface area (TPSA) is 287 Å². The summed E-state index contributed by atoms with van der Waals surface area (Å²) in [4.78, 5) is 39.0. The maximum atomic E-state index is 6.00. The van der Waals surface area contributed by atoms with E-state index in [0.717, 1.165) is 84.8 Å². The smallest absolute Gasteiger partial charge is 0.219 e. The summed E-state index contributed by atoms with van der Waals surface area (Å²) in [5.41, 5.74) is 30.8. The lowest BCUT2D eigenvalue weighted by molar-refractivity contribution is 0.357. The van der Waals surface area contributed by atoms with Crippen LogP contribution in [0.1, 0.15) is 93.7 Å². The first-order chi connectivity index (χ1) is 42.1. The van der Waals surface area contributed by atoms with Crippen LogP contribution in [0.15, 0.2) is 179 Å². The van der Waals surface area contributed by atoms with Gasteiger partial charge in [0.2, 0.25) is 35.5 Å². The molecule has 0 spiro atoms. The Kier molecular flexibility index (Phi) is 14.4. The predicted molar refractivity (Wildman–Crippen MR) is 329 cm³/mol. The molecule has 6 N–H and O–H groups in total. The highest BCUT2D eigenvalue weighted by atomic mass is 16.3. The van der Waals surface area contributed by atoms with Gasteiger partial charge in [-0.1, -0.05) is 72.8 Å². The molecule has 0 radical (unpaired) electrons. The Bertz CT molecular complexity index is 3860. The first kappa shape index (κ1) is 55.7. The van der Waals surface area contributed by atoms with Gasteiger partial charge in [-0.15, -0.1) is 0 Å². The Labute approximate surface area is 502 Å². The number of nitrogen functional groups attached to an aromatic ring is 3. The standard InChI is InChI=1S/3C22H22N6O/c3*1-22(18-7-8-18,20-27-19(13-29-20)16-11-26-28(2)12-16)17-5-3-14(4-6-17)15-9-24-21(23)25-10-15/h3*3-6,9-13,18H,7-8H2,1-2H3,(H2,23,24,25)/t2*22-;/m10./s1. The molecular formula is C66H66N18O3. The third-order valence-electron chi connectivity index (χ3n) is 17.5. The van der Waals surface area contributed by atoms with E-state index in [1.54, 1.807) is 88.6 Å². The second kappa shape index (κ2) is 22.5.